The highest BCUT2D eigenvalue weighted by Crippen LogP contribution is 2.36. The number of benzene rings is 2. The van der Waals surface area contributed by atoms with Crippen molar-refractivity contribution >= 4 is 6.09 Å². The number of imidazole rings is 1. The van der Waals surface area contributed by atoms with Gasteiger partial charge in [-0.15, -0.1) is 0 Å². The largest absolute Gasteiger partial charge is 0.497 e. The summed E-state index contributed by atoms with van der Waals surface area (Å²) in [5.41, 5.74) is 4.81. The zero-order valence-electron chi connectivity index (χ0n) is 19.0. The molecule has 0 saturated heterocycles. The molecule has 1 aliphatic rings. The van der Waals surface area contributed by atoms with Gasteiger partial charge in [0.25, 0.3) is 0 Å². The predicted octanol–water partition coefficient (Wildman–Crippen LogP) is 4.82. The van der Waals surface area contributed by atoms with Crippen LogP contribution in [0.3, 0.4) is 0 Å². The molecular formula is C27H26N4O3. The van der Waals surface area contributed by atoms with Crippen LogP contribution in [-0.4, -0.2) is 44.3 Å². The molecule has 0 saturated carbocycles. The van der Waals surface area contributed by atoms with Crippen LogP contribution in [0.25, 0.3) is 11.5 Å². The fraction of sp³-hybridized carbons (Fsp3) is 0.222. The summed E-state index contributed by atoms with van der Waals surface area (Å²) in [7, 11) is 1.65. The number of carbonyl (C=O) groups is 1. The zero-order valence-corrected chi connectivity index (χ0v) is 19.0. The van der Waals surface area contributed by atoms with E-state index in [1.807, 2.05) is 72.8 Å². The maximum atomic E-state index is 12.3. The molecule has 1 atom stereocenters. The second kappa shape index (κ2) is 9.39. The van der Waals surface area contributed by atoms with Crippen LogP contribution in [0.5, 0.6) is 5.75 Å². The van der Waals surface area contributed by atoms with Crippen LogP contribution in [-0.2, 0) is 19.4 Å². The van der Waals surface area contributed by atoms with E-state index in [2.05, 4.69) is 9.55 Å². The summed E-state index contributed by atoms with van der Waals surface area (Å²) in [6.45, 7) is 0.970. The Kier molecular flexibility index (Phi) is 5.99. The van der Waals surface area contributed by atoms with Gasteiger partial charge in [0.2, 0.25) is 0 Å². The average molecular weight is 455 g/mol. The Balaban J connectivity index is 1.64. The summed E-state index contributed by atoms with van der Waals surface area (Å²) in [5, 5.41) is 10.0. The molecule has 34 heavy (non-hydrogen) atoms. The van der Waals surface area contributed by atoms with Gasteiger partial charge in [0, 0.05) is 25.7 Å². The molecule has 0 radical (unpaired) electrons. The quantitative estimate of drug-likeness (QED) is 0.452. The van der Waals surface area contributed by atoms with Crippen molar-refractivity contribution in [2.45, 2.75) is 25.4 Å². The Hall–Kier alpha value is -4.13. The number of aromatic nitrogens is 3. The third kappa shape index (κ3) is 4.24. The molecule has 0 bridgehead atoms. The molecule has 1 N–H and O–H groups in total. The number of hydrogen-bond acceptors (Lipinski definition) is 4. The first-order valence-electron chi connectivity index (χ1n) is 11.3. The van der Waals surface area contributed by atoms with Crippen molar-refractivity contribution in [3.8, 4) is 17.3 Å². The smallest absolute Gasteiger partial charge is 0.407 e. The van der Waals surface area contributed by atoms with E-state index in [0.29, 0.717) is 25.9 Å². The van der Waals surface area contributed by atoms with E-state index >= 15 is 0 Å². The SMILES string of the molecule is COc1ccc(Cn2c(-c3ccccn3)nc3c2C(Cc2ccccc2)N(C(=O)O)CC3)cc1. The van der Waals surface area contributed by atoms with E-state index < -0.39 is 6.09 Å². The highest BCUT2D eigenvalue weighted by atomic mass is 16.5. The van der Waals surface area contributed by atoms with E-state index in [9.17, 15) is 9.90 Å². The van der Waals surface area contributed by atoms with Gasteiger partial charge in [-0.25, -0.2) is 9.78 Å². The minimum absolute atomic E-state index is 0.341. The molecule has 7 nitrogen and oxygen atoms in total. The molecule has 172 valence electrons. The number of fused-ring (bicyclic) bond motifs is 1. The summed E-state index contributed by atoms with van der Waals surface area (Å²) in [6, 6.07) is 23.4. The molecule has 7 heteroatoms. The van der Waals surface area contributed by atoms with Crippen molar-refractivity contribution in [2.24, 2.45) is 0 Å². The van der Waals surface area contributed by atoms with Gasteiger partial charge in [0.1, 0.15) is 11.4 Å². The lowest BCUT2D eigenvalue weighted by atomic mass is 9.96. The van der Waals surface area contributed by atoms with Crippen molar-refractivity contribution in [1.82, 2.24) is 19.4 Å². The summed E-state index contributed by atoms with van der Waals surface area (Å²) < 4.78 is 7.45. The summed E-state index contributed by atoms with van der Waals surface area (Å²) in [6.07, 6.45) is 1.99. The monoisotopic (exact) mass is 454 g/mol. The van der Waals surface area contributed by atoms with Crippen molar-refractivity contribution < 1.29 is 14.6 Å². The highest BCUT2D eigenvalue weighted by Gasteiger charge is 2.36. The van der Waals surface area contributed by atoms with E-state index in [1.54, 1.807) is 18.2 Å². The van der Waals surface area contributed by atoms with Crippen LogP contribution >= 0.6 is 0 Å². The molecule has 1 unspecified atom stereocenters. The van der Waals surface area contributed by atoms with E-state index in [1.165, 1.54) is 0 Å². The van der Waals surface area contributed by atoms with Crippen LogP contribution in [0, 0.1) is 0 Å². The summed E-state index contributed by atoms with van der Waals surface area (Å²) in [4.78, 5) is 23.3. The number of nitrogens with zero attached hydrogens (tertiary/aromatic N) is 4. The fourth-order valence-corrected chi connectivity index (χ4v) is 4.64. The van der Waals surface area contributed by atoms with Gasteiger partial charge in [-0.1, -0.05) is 48.5 Å². The predicted molar refractivity (Wildman–Crippen MR) is 129 cm³/mol. The van der Waals surface area contributed by atoms with Gasteiger partial charge in [0.15, 0.2) is 5.82 Å². The first kappa shape index (κ1) is 21.7. The first-order valence-corrected chi connectivity index (χ1v) is 11.3. The molecule has 0 fully saturated rings. The minimum Gasteiger partial charge on any atom is -0.497 e. The van der Waals surface area contributed by atoms with Crippen molar-refractivity contribution in [1.29, 1.82) is 0 Å². The molecule has 2 aromatic heterocycles. The Morgan fingerprint density at radius 1 is 1.03 bits per heavy atom. The maximum absolute atomic E-state index is 12.3. The molecule has 1 amide bonds. The third-order valence-electron chi connectivity index (χ3n) is 6.28. The highest BCUT2D eigenvalue weighted by molar-refractivity contribution is 5.67. The Bertz CT molecular complexity index is 1270. The number of methoxy groups -OCH3 is 1. The summed E-state index contributed by atoms with van der Waals surface area (Å²) >= 11 is 0. The molecule has 0 aliphatic carbocycles. The van der Waals surface area contributed by atoms with Crippen LogP contribution in [0.1, 0.15) is 28.6 Å². The van der Waals surface area contributed by atoms with Crippen molar-refractivity contribution in [2.75, 3.05) is 13.7 Å². The van der Waals surface area contributed by atoms with Crippen LogP contribution in [0.4, 0.5) is 4.79 Å². The normalized spacial score (nSPS) is 15.1. The standard InChI is InChI=1S/C27H26N4O3/c1-34-21-12-10-20(11-13-21)18-31-25-22(29-26(31)23-9-5-6-15-28-23)14-16-30(27(32)33)24(25)17-19-7-3-2-4-8-19/h2-13,15,24H,14,16-18H2,1H3,(H,32,33). The van der Waals surface area contributed by atoms with Gasteiger partial charge in [-0.05, 0) is 41.8 Å². The Labute approximate surface area is 198 Å². The topological polar surface area (TPSA) is 80.5 Å². The molecular weight excluding hydrogens is 428 g/mol. The fourth-order valence-electron chi connectivity index (χ4n) is 4.64. The number of hydrogen-bond donors (Lipinski definition) is 1. The van der Waals surface area contributed by atoms with Crippen LogP contribution < -0.4 is 4.74 Å². The molecule has 1 aliphatic heterocycles. The number of amides is 1. The van der Waals surface area contributed by atoms with Crippen molar-refractivity contribution in [3.63, 3.8) is 0 Å². The van der Waals surface area contributed by atoms with Gasteiger partial charge in [-0.2, -0.15) is 0 Å². The molecule has 4 aromatic rings. The minimum atomic E-state index is -0.914. The Morgan fingerprint density at radius 3 is 2.47 bits per heavy atom. The van der Waals surface area contributed by atoms with Crippen LogP contribution in [0.2, 0.25) is 0 Å². The molecule has 0 spiro atoms. The Morgan fingerprint density at radius 2 is 1.79 bits per heavy atom. The molecule has 5 rings (SSSR count). The second-order valence-corrected chi connectivity index (χ2v) is 8.35. The third-order valence-corrected chi connectivity index (χ3v) is 6.28. The van der Waals surface area contributed by atoms with Gasteiger partial charge < -0.3 is 14.4 Å². The summed E-state index contributed by atoms with van der Waals surface area (Å²) in [5.74, 6) is 1.55. The number of rotatable bonds is 6. The van der Waals surface area contributed by atoms with Gasteiger partial charge >= 0.3 is 6.09 Å². The van der Waals surface area contributed by atoms with E-state index in [4.69, 9.17) is 9.72 Å². The average Bonchev–Trinajstić information content (AvgIpc) is 3.24. The van der Waals surface area contributed by atoms with E-state index in [0.717, 1.165) is 39.8 Å². The lowest BCUT2D eigenvalue weighted by Crippen LogP contribution is -2.41. The molecule has 3 heterocycles. The van der Waals surface area contributed by atoms with Gasteiger partial charge in [0.05, 0.1) is 24.5 Å². The van der Waals surface area contributed by atoms with Gasteiger partial charge in [-0.3, -0.25) is 9.88 Å². The second-order valence-electron chi connectivity index (χ2n) is 8.35. The lowest BCUT2D eigenvalue weighted by molar-refractivity contribution is 0.117. The maximum Gasteiger partial charge on any atom is 0.407 e. The number of pyridine rings is 1. The first-order chi connectivity index (χ1) is 16.6. The van der Waals surface area contributed by atoms with Crippen molar-refractivity contribution in [3.05, 3.63) is 102 Å². The zero-order chi connectivity index (χ0) is 23.5. The number of ether oxygens (including phenoxy) is 1. The van der Waals surface area contributed by atoms with Crippen LogP contribution in [0.15, 0.2) is 79.0 Å². The lowest BCUT2D eigenvalue weighted by Gasteiger charge is -2.34. The molecule has 2 aromatic carbocycles. The number of carboxylic acid groups (broad SMARTS) is 1. The van der Waals surface area contributed by atoms with E-state index in [-0.39, 0.29) is 6.04 Å².